The molecule has 0 aliphatic rings. The molecule has 0 spiro atoms. The lowest BCUT2D eigenvalue weighted by molar-refractivity contribution is 0.0827. The molecule has 110 valence electrons. The average molecular weight is 288 g/mol. The minimum absolute atomic E-state index is 0.00610. The van der Waals surface area contributed by atoms with Gasteiger partial charge in [-0.1, -0.05) is 6.07 Å². The number of carbonyl (C=O) groups excluding carboxylic acids is 2. The monoisotopic (exact) mass is 288 g/mol. The van der Waals surface area contributed by atoms with Gasteiger partial charge in [0.15, 0.2) is 0 Å². The van der Waals surface area contributed by atoms with E-state index in [1.165, 1.54) is 4.90 Å². The minimum Gasteiger partial charge on any atom is -0.366 e. The van der Waals surface area contributed by atoms with Crippen LogP contribution in [0.4, 0.5) is 11.6 Å². The molecule has 0 bridgehead atoms. The standard InChI is InChI=1S/C13H16N6O2/c1-7-4-5-8(12(21)19(2)3)6-9(7)15-11(20)10-16-13(14)18-17-10/h4-6H,1-3H3,(H,15,20)(H3,14,16,17,18). The Morgan fingerprint density at radius 3 is 2.62 bits per heavy atom. The Kier molecular flexibility index (Phi) is 3.88. The number of H-pyrrole nitrogens is 1. The molecule has 0 saturated carbocycles. The molecule has 2 aromatic rings. The molecule has 2 rings (SSSR count). The number of nitrogen functional groups attached to an aromatic ring is 1. The van der Waals surface area contributed by atoms with Gasteiger partial charge >= 0.3 is 0 Å². The summed E-state index contributed by atoms with van der Waals surface area (Å²) in [6, 6.07) is 5.09. The second-order valence-electron chi connectivity index (χ2n) is 4.73. The highest BCUT2D eigenvalue weighted by Crippen LogP contribution is 2.18. The number of carbonyl (C=O) groups is 2. The Morgan fingerprint density at radius 2 is 2.05 bits per heavy atom. The van der Waals surface area contributed by atoms with Crippen molar-refractivity contribution in [1.29, 1.82) is 0 Å². The van der Waals surface area contributed by atoms with Gasteiger partial charge in [0.05, 0.1) is 0 Å². The van der Waals surface area contributed by atoms with Crippen LogP contribution in [0.25, 0.3) is 0 Å². The van der Waals surface area contributed by atoms with Gasteiger partial charge in [-0.25, -0.2) is 0 Å². The van der Waals surface area contributed by atoms with Crippen molar-refractivity contribution in [3.8, 4) is 0 Å². The van der Waals surface area contributed by atoms with Crippen molar-refractivity contribution in [2.75, 3.05) is 25.1 Å². The zero-order valence-electron chi connectivity index (χ0n) is 12.0. The highest BCUT2D eigenvalue weighted by atomic mass is 16.2. The predicted molar refractivity (Wildman–Crippen MR) is 77.9 cm³/mol. The molecule has 21 heavy (non-hydrogen) atoms. The number of aryl methyl sites for hydroxylation is 1. The van der Waals surface area contributed by atoms with Crippen molar-refractivity contribution in [3.05, 3.63) is 35.2 Å². The number of aromatic amines is 1. The first-order valence-corrected chi connectivity index (χ1v) is 6.20. The molecule has 0 aliphatic carbocycles. The molecule has 1 aromatic carbocycles. The summed E-state index contributed by atoms with van der Waals surface area (Å²) >= 11 is 0. The van der Waals surface area contributed by atoms with E-state index in [9.17, 15) is 9.59 Å². The van der Waals surface area contributed by atoms with Crippen LogP contribution in [0.3, 0.4) is 0 Å². The first kappa shape index (κ1) is 14.5. The van der Waals surface area contributed by atoms with E-state index >= 15 is 0 Å². The number of aromatic nitrogens is 3. The average Bonchev–Trinajstić information content (AvgIpc) is 2.87. The Labute approximate surface area is 121 Å². The van der Waals surface area contributed by atoms with Crippen LogP contribution in [0.15, 0.2) is 18.2 Å². The molecule has 4 N–H and O–H groups in total. The Hall–Kier alpha value is -2.90. The number of amides is 2. The van der Waals surface area contributed by atoms with Crippen molar-refractivity contribution in [2.24, 2.45) is 0 Å². The van der Waals surface area contributed by atoms with Crippen LogP contribution in [0.2, 0.25) is 0 Å². The second-order valence-corrected chi connectivity index (χ2v) is 4.73. The van der Waals surface area contributed by atoms with Gasteiger partial charge < -0.3 is 16.0 Å². The van der Waals surface area contributed by atoms with Crippen LogP contribution in [-0.4, -0.2) is 46.0 Å². The third-order valence-electron chi connectivity index (χ3n) is 2.86. The summed E-state index contributed by atoms with van der Waals surface area (Å²) < 4.78 is 0. The van der Waals surface area contributed by atoms with Crippen molar-refractivity contribution >= 4 is 23.5 Å². The summed E-state index contributed by atoms with van der Waals surface area (Å²) in [5, 5.41) is 8.69. The lowest BCUT2D eigenvalue weighted by atomic mass is 10.1. The molecule has 0 unspecified atom stereocenters. The Bertz CT molecular complexity index is 692. The van der Waals surface area contributed by atoms with E-state index < -0.39 is 5.91 Å². The van der Waals surface area contributed by atoms with Gasteiger partial charge in [0.1, 0.15) is 0 Å². The van der Waals surface area contributed by atoms with Gasteiger partial charge in [0.2, 0.25) is 11.8 Å². The third kappa shape index (κ3) is 3.16. The molecule has 2 amide bonds. The number of hydrogen-bond donors (Lipinski definition) is 3. The number of rotatable bonds is 3. The van der Waals surface area contributed by atoms with Crippen LogP contribution in [0.1, 0.15) is 26.5 Å². The van der Waals surface area contributed by atoms with Crippen molar-refractivity contribution in [2.45, 2.75) is 6.92 Å². The zero-order valence-corrected chi connectivity index (χ0v) is 12.0. The van der Waals surface area contributed by atoms with Gasteiger partial charge in [-0.2, -0.15) is 4.98 Å². The predicted octanol–water partition coefficient (Wildman–Crippen LogP) is 0.649. The van der Waals surface area contributed by atoms with E-state index in [0.717, 1.165) is 5.56 Å². The molecule has 0 atom stereocenters. The normalized spacial score (nSPS) is 10.2. The van der Waals surface area contributed by atoms with Crippen LogP contribution >= 0.6 is 0 Å². The summed E-state index contributed by atoms with van der Waals surface area (Å²) in [7, 11) is 3.33. The number of anilines is 2. The van der Waals surface area contributed by atoms with E-state index in [4.69, 9.17) is 5.73 Å². The summed E-state index contributed by atoms with van der Waals surface area (Å²) in [4.78, 5) is 29.1. The van der Waals surface area contributed by atoms with E-state index in [0.29, 0.717) is 11.3 Å². The van der Waals surface area contributed by atoms with Crippen LogP contribution in [-0.2, 0) is 0 Å². The van der Waals surface area contributed by atoms with Crippen molar-refractivity contribution in [3.63, 3.8) is 0 Å². The molecule has 0 fully saturated rings. The van der Waals surface area contributed by atoms with Crippen molar-refractivity contribution < 1.29 is 9.59 Å². The lowest BCUT2D eigenvalue weighted by Crippen LogP contribution is -2.22. The van der Waals surface area contributed by atoms with Gasteiger partial charge in [-0.3, -0.25) is 14.7 Å². The van der Waals surface area contributed by atoms with Crippen LogP contribution < -0.4 is 11.1 Å². The number of nitrogens with two attached hydrogens (primary N) is 1. The molecule has 8 nitrogen and oxygen atoms in total. The molecule has 0 saturated heterocycles. The molecule has 1 aromatic heterocycles. The number of nitrogens with one attached hydrogen (secondary N) is 2. The fourth-order valence-corrected chi connectivity index (χ4v) is 1.71. The lowest BCUT2D eigenvalue weighted by Gasteiger charge is -2.13. The van der Waals surface area contributed by atoms with Gasteiger partial charge in [0.25, 0.3) is 11.8 Å². The summed E-state index contributed by atoms with van der Waals surface area (Å²) in [5.41, 5.74) is 7.19. The maximum absolute atomic E-state index is 12.0. The smallest absolute Gasteiger partial charge is 0.293 e. The Morgan fingerprint density at radius 1 is 1.33 bits per heavy atom. The minimum atomic E-state index is -0.475. The largest absolute Gasteiger partial charge is 0.366 e. The fraction of sp³-hybridized carbons (Fsp3) is 0.231. The zero-order chi connectivity index (χ0) is 15.6. The molecule has 8 heteroatoms. The fourth-order valence-electron chi connectivity index (χ4n) is 1.71. The summed E-state index contributed by atoms with van der Waals surface area (Å²) in [5.74, 6) is -0.615. The first-order valence-electron chi connectivity index (χ1n) is 6.20. The number of hydrogen-bond acceptors (Lipinski definition) is 5. The van der Waals surface area contributed by atoms with Crippen LogP contribution in [0, 0.1) is 6.92 Å². The van der Waals surface area contributed by atoms with E-state index in [1.54, 1.807) is 32.3 Å². The van der Waals surface area contributed by atoms with E-state index in [2.05, 4.69) is 20.5 Å². The van der Waals surface area contributed by atoms with Gasteiger partial charge in [-0.15, -0.1) is 5.10 Å². The number of nitrogens with zero attached hydrogens (tertiary/aromatic N) is 3. The molecular formula is C13H16N6O2. The maximum atomic E-state index is 12.0. The summed E-state index contributed by atoms with van der Waals surface area (Å²) in [6.45, 7) is 1.83. The molecular weight excluding hydrogens is 272 g/mol. The molecule has 0 radical (unpaired) electrons. The van der Waals surface area contributed by atoms with Crippen molar-refractivity contribution in [1.82, 2.24) is 20.1 Å². The molecule has 0 aliphatic heterocycles. The number of benzene rings is 1. The van der Waals surface area contributed by atoms with Gasteiger partial charge in [0, 0.05) is 25.3 Å². The topological polar surface area (TPSA) is 117 Å². The first-order chi connectivity index (χ1) is 9.88. The van der Waals surface area contributed by atoms with Gasteiger partial charge in [-0.05, 0) is 24.6 Å². The van der Waals surface area contributed by atoms with Crippen LogP contribution in [0.5, 0.6) is 0 Å². The van der Waals surface area contributed by atoms with E-state index in [1.807, 2.05) is 6.92 Å². The van der Waals surface area contributed by atoms with E-state index in [-0.39, 0.29) is 17.7 Å². The maximum Gasteiger partial charge on any atom is 0.293 e. The third-order valence-corrected chi connectivity index (χ3v) is 2.86. The second kappa shape index (κ2) is 5.61. The highest BCUT2D eigenvalue weighted by Gasteiger charge is 2.14. The Balaban J connectivity index is 2.25. The highest BCUT2D eigenvalue weighted by molar-refractivity contribution is 6.03. The summed E-state index contributed by atoms with van der Waals surface area (Å²) in [6.07, 6.45) is 0. The quantitative estimate of drug-likeness (QED) is 0.766. The molecule has 1 heterocycles. The SMILES string of the molecule is Cc1ccc(C(=O)N(C)C)cc1NC(=O)c1nc(N)n[nH]1.